The number of rotatable bonds is 10. The van der Waals surface area contributed by atoms with E-state index in [0.29, 0.717) is 17.9 Å². The van der Waals surface area contributed by atoms with Gasteiger partial charge in [0.05, 0.1) is 18.5 Å². The summed E-state index contributed by atoms with van der Waals surface area (Å²) in [5.74, 6) is -0.539. The first-order chi connectivity index (χ1) is 13.2. The van der Waals surface area contributed by atoms with Crippen molar-refractivity contribution in [3.05, 3.63) is 54.1 Å². The number of nitrogens with two attached hydrogens (primary N) is 1. The Morgan fingerprint density at radius 3 is 2.43 bits per heavy atom. The van der Waals surface area contributed by atoms with Gasteiger partial charge >= 0.3 is 16.3 Å². The first kappa shape index (κ1) is 21.6. The summed E-state index contributed by atoms with van der Waals surface area (Å²) in [7, 11) is -3.11. The van der Waals surface area contributed by atoms with E-state index < -0.39 is 22.3 Å². The second-order valence-electron chi connectivity index (χ2n) is 5.98. The van der Waals surface area contributed by atoms with Crippen LogP contribution in [0.25, 0.3) is 0 Å². The number of nitrogens with one attached hydrogen (secondary N) is 1. The second kappa shape index (κ2) is 9.51. The number of carboxylic acids is 1. The summed E-state index contributed by atoms with van der Waals surface area (Å²) in [5.41, 5.74) is 6.57. The van der Waals surface area contributed by atoms with E-state index in [0.717, 1.165) is 4.31 Å². The Kier molecular flexibility index (Phi) is 7.35. The van der Waals surface area contributed by atoms with Crippen molar-refractivity contribution < 1.29 is 27.6 Å². The van der Waals surface area contributed by atoms with Gasteiger partial charge in [-0.3, -0.25) is 9.35 Å². The summed E-state index contributed by atoms with van der Waals surface area (Å²) in [5, 5.41) is 11.8. The third kappa shape index (κ3) is 5.67. The van der Waals surface area contributed by atoms with Gasteiger partial charge in [0.1, 0.15) is 11.8 Å². The highest BCUT2D eigenvalue weighted by Crippen LogP contribution is 2.32. The van der Waals surface area contributed by atoms with Gasteiger partial charge in [0.25, 0.3) is 0 Å². The van der Waals surface area contributed by atoms with Gasteiger partial charge in [0.2, 0.25) is 0 Å². The Balaban J connectivity index is 2.26. The number of hydrogen-bond acceptors (Lipinski definition) is 6. The fourth-order valence-electron chi connectivity index (χ4n) is 2.58. The van der Waals surface area contributed by atoms with Gasteiger partial charge in [-0.1, -0.05) is 18.2 Å². The number of ether oxygens (including phenoxy) is 1. The summed E-state index contributed by atoms with van der Waals surface area (Å²) in [4.78, 5) is 10.8. The topological polar surface area (TPSA) is 142 Å². The van der Waals surface area contributed by atoms with E-state index in [1.807, 2.05) is 0 Å². The van der Waals surface area contributed by atoms with Crippen LogP contribution in [0.5, 0.6) is 5.75 Å². The Bertz CT molecular complexity index is 902. The molecule has 0 saturated heterocycles. The first-order valence-electron chi connectivity index (χ1n) is 8.43. The van der Waals surface area contributed by atoms with Crippen LogP contribution in [0.15, 0.2) is 48.5 Å². The van der Waals surface area contributed by atoms with Crippen LogP contribution in [-0.2, 0) is 21.6 Å². The third-order valence-corrected chi connectivity index (χ3v) is 4.88. The monoisotopic (exact) mass is 409 g/mol. The van der Waals surface area contributed by atoms with E-state index in [1.165, 1.54) is 19.2 Å². The van der Waals surface area contributed by atoms with Crippen LogP contribution in [0, 0.1) is 0 Å². The van der Waals surface area contributed by atoms with Crippen molar-refractivity contribution in [2.24, 2.45) is 5.73 Å². The van der Waals surface area contributed by atoms with Gasteiger partial charge in [0.15, 0.2) is 0 Å². The lowest BCUT2D eigenvalue weighted by molar-refractivity contribution is -0.138. The van der Waals surface area contributed by atoms with Crippen LogP contribution >= 0.6 is 0 Å². The second-order valence-corrected chi connectivity index (χ2v) is 7.24. The molecule has 1 atom stereocenters. The molecule has 152 valence electrons. The maximum atomic E-state index is 12.1. The van der Waals surface area contributed by atoms with E-state index in [9.17, 15) is 17.8 Å². The molecule has 0 unspecified atom stereocenters. The van der Waals surface area contributed by atoms with Gasteiger partial charge < -0.3 is 20.9 Å². The minimum Gasteiger partial charge on any atom is -0.497 e. The van der Waals surface area contributed by atoms with Crippen LogP contribution in [0.1, 0.15) is 12.0 Å². The molecule has 5 N–H and O–H groups in total. The number of aliphatic carboxylic acids is 1. The zero-order valence-electron chi connectivity index (χ0n) is 15.3. The molecular weight excluding hydrogens is 386 g/mol. The molecule has 0 amide bonds. The normalized spacial score (nSPS) is 12.4. The van der Waals surface area contributed by atoms with Crippen molar-refractivity contribution in [2.45, 2.75) is 19.0 Å². The van der Waals surface area contributed by atoms with E-state index >= 15 is 0 Å². The van der Waals surface area contributed by atoms with Gasteiger partial charge in [-0.05, 0) is 48.9 Å². The molecule has 9 nitrogen and oxygen atoms in total. The molecule has 28 heavy (non-hydrogen) atoms. The van der Waals surface area contributed by atoms with Gasteiger partial charge in [-0.25, -0.2) is 4.31 Å². The summed E-state index contributed by atoms with van der Waals surface area (Å²) in [6.07, 6.45) is 0.220. The van der Waals surface area contributed by atoms with Gasteiger partial charge in [0, 0.05) is 6.54 Å². The molecule has 0 bridgehead atoms. The van der Waals surface area contributed by atoms with E-state index in [2.05, 4.69) is 5.32 Å². The number of carboxylic acid groups (broad SMARTS) is 1. The van der Waals surface area contributed by atoms with Gasteiger partial charge in [-0.15, -0.1) is 0 Å². The molecule has 2 rings (SSSR count). The maximum Gasteiger partial charge on any atom is 0.364 e. The lowest BCUT2D eigenvalue weighted by Gasteiger charge is -2.24. The van der Waals surface area contributed by atoms with Crippen molar-refractivity contribution in [3.63, 3.8) is 0 Å². The number of benzene rings is 2. The summed E-state index contributed by atoms with van der Waals surface area (Å²) in [6.45, 7) is 0.584. The molecule has 0 aliphatic heterocycles. The van der Waals surface area contributed by atoms with E-state index in [-0.39, 0.29) is 24.3 Å². The Hall–Kier alpha value is -2.66. The number of para-hydroxylation sites is 1. The average molecular weight is 409 g/mol. The third-order valence-electron chi connectivity index (χ3n) is 4.01. The predicted molar refractivity (Wildman–Crippen MR) is 105 cm³/mol. The Morgan fingerprint density at radius 2 is 1.86 bits per heavy atom. The van der Waals surface area contributed by atoms with Crippen LogP contribution in [0.3, 0.4) is 0 Å². The minimum absolute atomic E-state index is 0.220. The maximum absolute atomic E-state index is 12.1. The molecule has 0 saturated carbocycles. The molecule has 0 heterocycles. The van der Waals surface area contributed by atoms with Crippen molar-refractivity contribution in [1.82, 2.24) is 5.32 Å². The smallest absolute Gasteiger partial charge is 0.364 e. The fraction of sp³-hybridized carbons (Fsp3) is 0.278. The van der Waals surface area contributed by atoms with Crippen molar-refractivity contribution >= 4 is 27.6 Å². The number of methoxy groups -OCH3 is 1. The molecule has 0 aliphatic carbocycles. The van der Waals surface area contributed by atoms with Crippen molar-refractivity contribution in [2.75, 3.05) is 18.0 Å². The molecule has 0 fully saturated rings. The standard InChI is InChI=1S/C18H23N3O6S/c1-27-15-8-6-14(7-9-15)21(28(24,25)26)17-5-3-2-4-13(17)12-20-11-10-16(19)18(22)23/h2-9,16,20H,10-12,19H2,1H3,(H,22,23)(H,24,25,26)/t16-/m0/s1. The summed E-state index contributed by atoms with van der Waals surface area (Å²) < 4.78 is 39.9. The predicted octanol–water partition coefficient (Wildman–Crippen LogP) is 1.53. The molecule has 2 aromatic carbocycles. The summed E-state index contributed by atoms with van der Waals surface area (Å²) in [6, 6.07) is 11.9. The van der Waals surface area contributed by atoms with Crippen molar-refractivity contribution in [3.8, 4) is 5.75 Å². The SMILES string of the molecule is COc1ccc(N(c2ccccc2CNCC[C@H](N)C(=O)O)S(=O)(=O)O)cc1. The highest BCUT2D eigenvalue weighted by atomic mass is 32.2. The van der Waals surface area contributed by atoms with Crippen LogP contribution in [0.4, 0.5) is 11.4 Å². The number of hydrogen-bond donors (Lipinski definition) is 4. The summed E-state index contributed by atoms with van der Waals surface area (Å²) >= 11 is 0. The zero-order valence-corrected chi connectivity index (χ0v) is 16.1. The number of nitrogens with zero attached hydrogens (tertiary/aromatic N) is 1. The zero-order chi connectivity index (χ0) is 20.7. The van der Waals surface area contributed by atoms with Gasteiger partial charge in [-0.2, -0.15) is 8.42 Å². The Morgan fingerprint density at radius 1 is 1.21 bits per heavy atom. The quantitative estimate of drug-likeness (QED) is 0.342. The lowest BCUT2D eigenvalue weighted by atomic mass is 10.1. The van der Waals surface area contributed by atoms with Crippen LogP contribution in [0.2, 0.25) is 0 Å². The largest absolute Gasteiger partial charge is 0.497 e. The molecule has 0 aromatic heterocycles. The highest BCUT2D eigenvalue weighted by Gasteiger charge is 2.24. The molecular formula is C18H23N3O6S. The van der Waals surface area contributed by atoms with Crippen LogP contribution < -0.4 is 20.1 Å². The Labute approximate surface area is 163 Å². The number of carbonyl (C=O) groups is 1. The molecule has 0 aliphatic rings. The first-order valence-corrected chi connectivity index (χ1v) is 9.82. The molecule has 0 radical (unpaired) electrons. The molecule has 10 heteroatoms. The van der Waals surface area contributed by atoms with E-state index in [4.69, 9.17) is 15.6 Å². The highest BCUT2D eigenvalue weighted by molar-refractivity contribution is 7.87. The molecule has 2 aromatic rings. The van der Waals surface area contributed by atoms with E-state index in [1.54, 1.807) is 36.4 Å². The van der Waals surface area contributed by atoms with Crippen molar-refractivity contribution in [1.29, 1.82) is 0 Å². The average Bonchev–Trinajstić information content (AvgIpc) is 2.65. The fourth-order valence-corrected chi connectivity index (χ4v) is 3.39. The molecule has 0 spiro atoms. The minimum atomic E-state index is -4.60. The lowest BCUT2D eigenvalue weighted by Crippen LogP contribution is -2.33. The van der Waals surface area contributed by atoms with Crippen LogP contribution in [-0.4, -0.2) is 43.7 Å². The number of anilines is 2.